The van der Waals surface area contributed by atoms with Crippen molar-refractivity contribution in [1.29, 1.82) is 0 Å². The summed E-state index contributed by atoms with van der Waals surface area (Å²) in [4.78, 5) is 28.4. The lowest BCUT2D eigenvalue weighted by atomic mass is 10.2. The number of aryl methyl sites for hydroxylation is 2. The number of nitrogens with zero attached hydrogens (tertiary/aromatic N) is 1. The largest absolute Gasteiger partial charge is 0.493 e. The molecular formula is C18H22N2O4S. The molecule has 0 saturated carbocycles. The number of hydrogen-bond acceptors (Lipinski definition) is 6. The van der Waals surface area contributed by atoms with Crippen molar-refractivity contribution < 1.29 is 19.1 Å². The van der Waals surface area contributed by atoms with Crippen LogP contribution in [0, 0.1) is 13.8 Å². The van der Waals surface area contributed by atoms with E-state index >= 15 is 0 Å². The summed E-state index contributed by atoms with van der Waals surface area (Å²) in [7, 11) is 1.35. The van der Waals surface area contributed by atoms with Crippen LogP contribution in [0.15, 0.2) is 24.3 Å². The van der Waals surface area contributed by atoms with E-state index in [9.17, 15) is 9.59 Å². The van der Waals surface area contributed by atoms with Gasteiger partial charge in [-0.2, -0.15) is 0 Å². The second kappa shape index (κ2) is 9.17. The number of rotatable bonds is 8. The average Bonchev–Trinajstić information content (AvgIpc) is 2.92. The standard InChI is InChI=1S/C18H22N2O4S/c1-12-7-4-5-8-14(12)24-10-6-9-16(21)20-18-19-13(2)15(25-18)11-17(22)23-3/h4-5,7-8H,6,9-11H2,1-3H3,(H,19,20,21). The molecule has 0 aliphatic carbocycles. The van der Waals surface area contributed by atoms with E-state index in [-0.39, 0.29) is 18.3 Å². The SMILES string of the molecule is COC(=O)Cc1sc(NC(=O)CCCOc2ccccc2C)nc1C. The van der Waals surface area contributed by atoms with Gasteiger partial charge in [0.2, 0.25) is 5.91 Å². The van der Waals surface area contributed by atoms with Crippen molar-refractivity contribution >= 4 is 28.3 Å². The Hall–Kier alpha value is -2.41. The van der Waals surface area contributed by atoms with E-state index in [1.54, 1.807) is 6.92 Å². The Morgan fingerprint density at radius 2 is 2.00 bits per heavy atom. The van der Waals surface area contributed by atoms with E-state index in [2.05, 4.69) is 15.0 Å². The van der Waals surface area contributed by atoms with Crippen LogP contribution in [0.4, 0.5) is 5.13 Å². The van der Waals surface area contributed by atoms with Crippen molar-refractivity contribution in [1.82, 2.24) is 4.98 Å². The minimum atomic E-state index is -0.321. The number of amides is 1. The van der Waals surface area contributed by atoms with Crippen LogP contribution in [0.25, 0.3) is 0 Å². The second-order valence-electron chi connectivity index (χ2n) is 5.55. The Morgan fingerprint density at radius 3 is 2.72 bits per heavy atom. The summed E-state index contributed by atoms with van der Waals surface area (Å²) < 4.78 is 10.3. The minimum absolute atomic E-state index is 0.119. The monoisotopic (exact) mass is 362 g/mol. The van der Waals surface area contributed by atoms with Crippen LogP contribution in [-0.2, 0) is 20.7 Å². The summed E-state index contributed by atoms with van der Waals surface area (Å²) in [5, 5.41) is 3.27. The first-order valence-electron chi connectivity index (χ1n) is 8.01. The third-order valence-corrected chi connectivity index (χ3v) is 4.64. The Kier molecular flexibility index (Phi) is 6.94. The first-order valence-corrected chi connectivity index (χ1v) is 8.82. The van der Waals surface area contributed by atoms with Crippen LogP contribution in [0.1, 0.15) is 29.0 Å². The summed E-state index contributed by atoms with van der Waals surface area (Å²) in [6, 6.07) is 7.78. The molecule has 1 amide bonds. The molecule has 0 saturated heterocycles. The highest BCUT2D eigenvalue weighted by atomic mass is 32.1. The van der Waals surface area contributed by atoms with Crippen LogP contribution in [0.5, 0.6) is 5.75 Å². The van der Waals surface area contributed by atoms with Gasteiger partial charge in [-0.15, -0.1) is 11.3 Å². The smallest absolute Gasteiger partial charge is 0.310 e. The lowest BCUT2D eigenvalue weighted by molar-refractivity contribution is -0.139. The summed E-state index contributed by atoms with van der Waals surface area (Å²) in [5.74, 6) is 0.399. The predicted molar refractivity (Wildman–Crippen MR) is 97.1 cm³/mol. The molecular weight excluding hydrogens is 340 g/mol. The molecule has 1 heterocycles. The van der Waals surface area contributed by atoms with Crippen LogP contribution >= 0.6 is 11.3 Å². The highest BCUT2D eigenvalue weighted by Crippen LogP contribution is 2.23. The molecule has 0 radical (unpaired) electrons. The molecule has 1 N–H and O–H groups in total. The molecule has 2 rings (SSSR count). The summed E-state index contributed by atoms with van der Waals surface area (Å²) in [6.45, 7) is 4.27. The zero-order valence-corrected chi connectivity index (χ0v) is 15.4. The summed E-state index contributed by atoms with van der Waals surface area (Å²) in [6.07, 6.45) is 1.12. The number of benzene rings is 1. The van der Waals surface area contributed by atoms with Gasteiger partial charge in [0.05, 0.1) is 25.8 Å². The Morgan fingerprint density at radius 1 is 1.24 bits per heavy atom. The zero-order valence-electron chi connectivity index (χ0n) is 14.6. The third-order valence-electron chi connectivity index (χ3n) is 3.57. The number of carbonyl (C=O) groups excluding carboxylic acids is 2. The van der Waals surface area contributed by atoms with Crippen molar-refractivity contribution in [3.63, 3.8) is 0 Å². The molecule has 25 heavy (non-hydrogen) atoms. The second-order valence-corrected chi connectivity index (χ2v) is 6.63. The molecule has 2 aromatic rings. The fourth-order valence-electron chi connectivity index (χ4n) is 2.16. The van der Waals surface area contributed by atoms with Crippen molar-refractivity contribution in [2.45, 2.75) is 33.1 Å². The molecule has 134 valence electrons. The third kappa shape index (κ3) is 5.86. The molecule has 0 aliphatic rings. The van der Waals surface area contributed by atoms with Gasteiger partial charge < -0.3 is 14.8 Å². The highest BCUT2D eigenvalue weighted by Gasteiger charge is 2.13. The van der Waals surface area contributed by atoms with Gasteiger partial charge in [0.25, 0.3) is 0 Å². The number of ether oxygens (including phenoxy) is 2. The molecule has 0 aliphatic heterocycles. The van der Waals surface area contributed by atoms with Crippen LogP contribution < -0.4 is 10.1 Å². The average molecular weight is 362 g/mol. The number of para-hydroxylation sites is 1. The van der Waals surface area contributed by atoms with Crippen molar-refractivity contribution in [3.8, 4) is 5.75 Å². The normalized spacial score (nSPS) is 10.4. The van der Waals surface area contributed by atoms with Gasteiger partial charge in [-0.3, -0.25) is 9.59 Å². The molecule has 0 bridgehead atoms. The fourth-order valence-corrected chi connectivity index (χ4v) is 3.13. The Balaban J connectivity index is 1.76. The quantitative estimate of drug-likeness (QED) is 0.576. The van der Waals surface area contributed by atoms with Gasteiger partial charge in [-0.1, -0.05) is 18.2 Å². The van der Waals surface area contributed by atoms with Gasteiger partial charge in [-0.25, -0.2) is 4.98 Å². The number of hydrogen-bond donors (Lipinski definition) is 1. The van der Waals surface area contributed by atoms with E-state index in [0.717, 1.165) is 21.9 Å². The molecule has 0 spiro atoms. The van der Waals surface area contributed by atoms with Crippen LogP contribution in [-0.4, -0.2) is 30.6 Å². The Bertz CT molecular complexity index is 742. The molecule has 1 aromatic heterocycles. The fraction of sp³-hybridized carbons (Fsp3) is 0.389. The van der Waals surface area contributed by atoms with Gasteiger partial charge >= 0.3 is 5.97 Å². The Labute approximate surface area is 151 Å². The van der Waals surface area contributed by atoms with Gasteiger partial charge in [0, 0.05) is 11.3 Å². The van der Waals surface area contributed by atoms with E-state index in [1.807, 2.05) is 31.2 Å². The number of thiazole rings is 1. The maximum atomic E-state index is 12.0. The number of anilines is 1. The number of nitrogens with one attached hydrogen (secondary N) is 1. The number of methoxy groups -OCH3 is 1. The first-order chi connectivity index (χ1) is 12.0. The maximum absolute atomic E-state index is 12.0. The topological polar surface area (TPSA) is 77.5 Å². The van der Waals surface area contributed by atoms with Crippen molar-refractivity contribution in [2.24, 2.45) is 0 Å². The first kappa shape index (κ1) is 18.9. The van der Waals surface area contributed by atoms with Gasteiger partial charge in [-0.05, 0) is 31.9 Å². The zero-order chi connectivity index (χ0) is 18.2. The number of aromatic nitrogens is 1. The van der Waals surface area contributed by atoms with E-state index in [1.165, 1.54) is 18.4 Å². The highest BCUT2D eigenvalue weighted by molar-refractivity contribution is 7.16. The lowest BCUT2D eigenvalue weighted by Crippen LogP contribution is -2.12. The lowest BCUT2D eigenvalue weighted by Gasteiger charge is -2.08. The molecule has 0 unspecified atom stereocenters. The number of carbonyl (C=O) groups is 2. The summed E-state index contributed by atoms with van der Waals surface area (Å²) >= 11 is 1.29. The van der Waals surface area contributed by atoms with Crippen molar-refractivity contribution in [2.75, 3.05) is 19.0 Å². The van der Waals surface area contributed by atoms with Crippen LogP contribution in [0.2, 0.25) is 0 Å². The molecule has 6 nitrogen and oxygen atoms in total. The maximum Gasteiger partial charge on any atom is 0.310 e. The minimum Gasteiger partial charge on any atom is -0.493 e. The van der Waals surface area contributed by atoms with Gasteiger partial charge in [0.15, 0.2) is 5.13 Å². The predicted octanol–water partition coefficient (Wildman–Crippen LogP) is 3.27. The molecule has 0 atom stereocenters. The van der Waals surface area contributed by atoms with E-state index in [4.69, 9.17) is 4.74 Å². The van der Waals surface area contributed by atoms with Crippen LogP contribution in [0.3, 0.4) is 0 Å². The van der Waals surface area contributed by atoms with E-state index in [0.29, 0.717) is 24.6 Å². The van der Waals surface area contributed by atoms with E-state index < -0.39 is 0 Å². The molecule has 7 heteroatoms. The molecule has 0 fully saturated rings. The number of esters is 1. The summed E-state index contributed by atoms with van der Waals surface area (Å²) in [5.41, 5.74) is 1.80. The molecule has 1 aromatic carbocycles. The van der Waals surface area contributed by atoms with Gasteiger partial charge in [0.1, 0.15) is 5.75 Å². The van der Waals surface area contributed by atoms with Crippen molar-refractivity contribution in [3.05, 3.63) is 40.4 Å².